The van der Waals surface area contributed by atoms with Gasteiger partial charge in [0.25, 0.3) is 0 Å². The van der Waals surface area contributed by atoms with Gasteiger partial charge in [0.1, 0.15) is 0 Å². The van der Waals surface area contributed by atoms with Crippen molar-refractivity contribution < 1.29 is 4.79 Å². The van der Waals surface area contributed by atoms with E-state index in [9.17, 15) is 4.79 Å². The van der Waals surface area contributed by atoms with E-state index in [2.05, 4.69) is 29.2 Å². The quantitative estimate of drug-likeness (QED) is 0.685. The Labute approximate surface area is 103 Å². The third-order valence-electron chi connectivity index (χ3n) is 3.91. The summed E-state index contributed by atoms with van der Waals surface area (Å²) in [6.07, 6.45) is 6.68. The summed E-state index contributed by atoms with van der Waals surface area (Å²) >= 11 is 0. The number of hydrogen-bond acceptors (Lipinski definition) is 3. The Hall–Kier alpha value is -0.870. The lowest BCUT2D eigenvalue weighted by molar-refractivity contribution is -0.122. The minimum Gasteiger partial charge on any atom is -0.352 e. The Kier molecular flexibility index (Phi) is 4.18. The summed E-state index contributed by atoms with van der Waals surface area (Å²) in [5, 5.41) is 6.45. The Morgan fingerprint density at radius 3 is 2.71 bits per heavy atom. The highest BCUT2D eigenvalue weighted by atomic mass is 16.2. The summed E-state index contributed by atoms with van der Waals surface area (Å²) in [6, 6.07) is 1.91. The van der Waals surface area contributed by atoms with Gasteiger partial charge in [-0.25, -0.2) is 0 Å². The SMILES string of the molecule is C=CCNC(=O)CN(C)C1CC2CCC(C1)N2. The molecule has 0 aliphatic carbocycles. The zero-order valence-electron chi connectivity index (χ0n) is 10.6. The lowest BCUT2D eigenvalue weighted by atomic mass is 9.98. The highest BCUT2D eigenvalue weighted by Crippen LogP contribution is 2.28. The number of likely N-dealkylation sites (N-methyl/N-ethyl adjacent to an activating group) is 1. The monoisotopic (exact) mass is 237 g/mol. The zero-order valence-corrected chi connectivity index (χ0v) is 10.6. The molecule has 4 nitrogen and oxygen atoms in total. The van der Waals surface area contributed by atoms with Gasteiger partial charge >= 0.3 is 0 Å². The molecule has 0 saturated carbocycles. The van der Waals surface area contributed by atoms with E-state index in [4.69, 9.17) is 0 Å². The Morgan fingerprint density at radius 1 is 1.47 bits per heavy atom. The van der Waals surface area contributed by atoms with Crippen LogP contribution in [0.4, 0.5) is 0 Å². The minimum atomic E-state index is 0.0956. The number of hydrogen-bond donors (Lipinski definition) is 2. The lowest BCUT2D eigenvalue weighted by Gasteiger charge is -2.35. The van der Waals surface area contributed by atoms with E-state index < -0.39 is 0 Å². The average Bonchev–Trinajstić information content (AvgIpc) is 2.65. The standard InChI is InChI=1S/C13H23N3O/c1-3-6-14-13(17)9-16(2)12-7-10-4-5-11(8-12)15-10/h3,10-12,15H,1,4-9H2,2H3,(H,14,17). The fourth-order valence-corrected chi connectivity index (χ4v) is 2.98. The maximum absolute atomic E-state index is 11.6. The Bertz CT molecular complexity index is 280. The molecule has 4 heteroatoms. The highest BCUT2D eigenvalue weighted by Gasteiger charge is 2.35. The molecule has 0 aromatic carbocycles. The number of amides is 1. The van der Waals surface area contributed by atoms with Gasteiger partial charge in [0, 0.05) is 24.7 Å². The largest absolute Gasteiger partial charge is 0.352 e. The van der Waals surface area contributed by atoms with Crippen molar-refractivity contribution in [2.45, 2.75) is 43.8 Å². The second-order valence-corrected chi connectivity index (χ2v) is 5.27. The van der Waals surface area contributed by atoms with Crippen molar-refractivity contribution in [3.8, 4) is 0 Å². The molecule has 2 heterocycles. The van der Waals surface area contributed by atoms with Crippen LogP contribution in [0.5, 0.6) is 0 Å². The molecule has 2 unspecified atom stereocenters. The summed E-state index contributed by atoms with van der Waals surface area (Å²) < 4.78 is 0. The third-order valence-corrected chi connectivity index (χ3v) is 3.91. The van der Waals surface area contributed by atoms with Gasteiger partial charge in [0.05, 0.1) is 6.54 Å². The van der Waals surface area contributed by atoms with Gasteiger partial charge in [-0.2, -0.15) is 0 Å². The van der Waals surface area contributed by atoms with Crippen molar-refractivity contribution >= 4 is 5.91 Å². The molecule has 2 N–H and O–H groups in total. The Balaban J connectivity index is 1.77. The van der Waals surface area contributed by atoms with Crippen LogP contribution in [0, 0.1) is 0 Å². The molecule has 17 heavy (non-hydrogen) atoms. The summed E-state index contributed by atoms with van der Waals surface area (Å²) in [5.41, 5.74) is 0. The molecule has 2 aliphatic heterocycles. The second kappa shape index (κ2) is 5.65. The lowest BCUT2D eigenvalue weighted by Crippen LogP contribution is -2.49. The van der Waals surface area contributed by atoms with E-state index in [0.717, 1.165) is 0 Å². The van der Waals surface area contributed by atoms with Gasteiger partial charge in [-0.3, -0.25) is 9.69 Å². The van der Waals surface area contributed by atoms with Crippen molar-refractivity contribution in [3.63, 3.8) is 0 Å². The van der Waals surface area contributed by atoms with E-state index in [1.54, 1.807) is 6.08 Å². The number of carbonyl (C=O) groups is 1. The first-order valence-electron chi connectivity index (χ1n) is 6.53. The topological polar surface area (TPSA) is 44.4 Å². The van der Waals surface area contributed by atoms with Crippen molar-refractivity contribution in [2.75, 3.05) is 20.1 Å². The van der Waals surface area contributed by atoms with Gasteiger partial charge in [0.15, 0.2) is 0 Å². The molecule has 0 aromatic rings. The van der Waals surface area contributed by atoms with Crippen LogP contribution < -0.4 is 10.6 Å². The van der Waals surface area contributed by atoms with Crippen molar-refractivity contribution in [2.24, 2.45) is 0 Å². The van der Waals surface area contributed by atoms with Crippen molar-refractivity contribution in [1.82, 2.24) is 15.5 Å². The van der Waals surface area contributed by atoms with Crippen LogP contribution in [-0.2, 0) is 4.79 Å². The van der Waals surface area contributed by atoms with Crippen LogP contribution >= 0.6 is 0 Å². The van der Waals surface area contributed by atoms with E-state index in [-0.39, 0.29) is 5.91 Å². The third kappa shape index (κ3) is 3.30. The van der Waals surface area contributed by atoms with E-state index in [1.165, 1.54) is 25.7 Å². The molecular weight excluding hydrogens is 214 g/mol. The molecule has 2 atom stereocenters. The molecule has 2 saturated heterocycles. The first-order valence-corrected chi connectivity index (χ1v) is 6.53. The smallest absolute Gasteiger partial charge is 0.234 e. The summed E-state index contributed by atoms with van der Waals surface area (Å²) in [5.74, 6) is 0.0956. The molecule has 2 bridgehead atoms. The van der Waals surface area contributed by atoms with Crippen LogP contribution in [0.3, 0.4) is 0 Å². The van der Waals surface area contributed by atoms with Gasteiger partial charge in [0.2, 0.25) is 5.91 Å². The van der Waals surface area contributed by atoms with Gasteiger partial charge < -0.3 is 10.6 Å². The van der Waals surface area contributed by atoms with Gasteiger partial charge in [-0.15, -0.1) is 6.58 Å². The van der Waals surface area contributed by atoms with Crippen molar-refractivity contribution in [3.05, 3.63) is 12.7 Å². The summed E-state index contributed by atoms with van der Waals surface area (Å²) in [4.78, 5) is 13.8. The average molecular weight is 237 g/mol. The zero-order chi connectivity index (χ0) is 12.3. The number of nitrogens with one attached hydrogen (secondary N) is 2. The highest BCUT2D eigenvalue weighted by molar-refractivity contribution is 5.78. The van der Waals surface area contributed by atoms with Gasteiger partial charge in [-0.05, 0) is 32.7 Å². The minimum absolute atomic E-state index is 0.0956. The van der Waals surface area contributed by atoms with Crippen LogP contribution in [0.2, 0.25) is 0 Å². The van der Waals surface area contributed by atoms with Crippen LogP contribution in [-0.4, -0.2) is 49.1 Å². The maximum atomic E-state index is 11.6. The van der Waals surface area contributed by atoms with E-state index >= 15 is 0 Å². The number of rotatable bonds is 5. The number of nitrogens with zero attached hydrogens (tertiary/aromatic N) is 1. The maximum Gasteiger partial charge on any atom is 0.234 e. The fourth-order valence-electron chi connectivity index (χ4n) is 2.98. The predicted octanol–water partition coefficient (Wildman–Crippen LogP) is 0.503. The molecule has 1 amide bonds. The molecule has 2 fully saturated rings. The molecule has 96 valence electrons. The van der Waals surface area contributed by atoms with Crippen LogP contribution in [0.15, 0.2) is 12.7 Å². The van der Waals surface area contributed by atoms with Crippen molar-refractivity contribution in [1.29, 1.82) is 0 Å². The van der Waals surface area contributed by atoms with Crippen LogP contribution in [0.25, 0.3) is 0 Å². The first-order chi connectivity index (χ1) is 8.19. The molecule has 2 rings (SSSR count). The number of fused-ring (bicyclic) bond motifs is 2. The Morgan fingerprint density at radius 2 is 2.12 bits per heavy atom. The molecule has 0 aromatic heterocycles. The predicted molar refractivity (Wildman–Crippen MR) is 68.8 cm³/mol. The summed E-state index contributed by atoms with van der Waals surface area (Å²) in [6.45, 7) is 4.65. The first kappa shape index (κ1) is 12.6. The second-order valence-electron chi connectivity index (χ2n) is 5.27. The fraction of sp³-hybridized carbons (Fsp3) is 0.769. The van der Waals surface area contributed by atoms with Gasteiger partial charge in [-0.1, -0.05) is 6.08 Å². The summed E-state index contributed by atoms with van der Waals surface area (Å²) in [7, 11) is 2.06. The molecule has 0 spiro atoms. The number of carbonyl (C=O) groups excluding carboxylic acids is 1. The van der Waals surface area contributed by atoms with E-state index in [0.29, 0.717) is 31.2 Å². The van der Waals surface area contributed by atoms with E-state index in [1.807, 2.05) is 0 Å². The molecule has 2 aliphatic rings. The molecule has 0 radical (unpaired) electrons. The number of piperidine rings is 1. The molecular formula is C13H23N3O. The normalized spacial score (nSPS) is 31.5. The van der Waals surface area contributed by atoms with Crippen LogP contribution in [0.1, 0.15) is 25.7 Å².